The molecular weight excluding hydrogens is 558 g/mol. The highest BCUT2D eigenvalue weighted by Crippen LogP contribution is 2.53. The summed E-state index contributed by atoms with van der Waals surface area (Å²) in [7, 11) is 0. The number of ether oxygens (including phenoxy) is 1. The van der Waals surface area contributed by atoms with E-state index in [4.69, 9.17) is 9.84 Å². The zero-order valence-electron chi connectivity index (χ0n) is 24.7. The van der Waals surface area contributed by atoms with Gasteiger partial charge in [0, 0.05) is 48.9 Å². The predicted octanol–water partition coefficient (Wildman–Crippen LogP) is 3.57. The molecule has 0 radical (unpaired) electrons. The van der Waals surface area contributed by atoms with Crippen molar-refractivity contribution >= 4 is 34.4 Å². The lowest BCUT2D eigenvalue weighted by molar-refractivity contribution is -0.121. The number of hydrogen-bond acceptors (Lipinski definition) is 7. The maximum Gasteiger partial charge on any atom is 0.276 e. The maximum atomic E-state index is 14.5. The molecule has 2 aliphatic carbocycles. The summed E-state index contributed by atoms with van der Waals surface area (Å²) in [6, 6.07) is 10.2. The lowest BCUT2D eigenvalue weighted by Crippen LogP contribution is -2.56. The molecule has 2 aromatic heterocycles. The van der Waals surface area contributed by atoms with Gasteiger partial charge in [-0.25, -0.2) is 4.68 Å². The van der Waals surface area contributed by atoms with E-state index in [1.54, 1.807) is 22.1 Å². The average Bonchev–Trinajstić information content (AvgIpc) is 3.98. The van der Waals surface area contributed by atoms with Crippen LogP contribution in [0.15, 0.2) is 36.5 Å². The number of nitriles is 1. The summed E-state index contributed by atoms with van der Waals surface area (Å²) in [5, 5.41) is 18.9. The van der Waals surface area contributed by atoms with Gasteiger partial charge in [-0.15, -0.1) is 0 Å². The van der Waals surface area contributed by atoms with Gasteiger partial charge in [-0.05, 0) is 69.4 Å². The van der Waals surface area contributed by atoms with Crippen molar-refractivity contribution in [2.45, 2.75) is 75.5 Å². The first kappa shape index (κ1) is 27.3. The number of likely N-dealkylation sites (N-methyl/N-ethyl adjacent to an activating group) is 1. The number of nitrogens with zero attached hydrogens (tertiary/aromatic N) is 6. The van der Waals surface area contributed by atoms with Crippen molar-refractivity contribution in [1.82, 2.24) is 25.0 Å². The largest absolute Gasteiger partial charge is 0.381 e. The summed E-state index contributed by atoms with van der Waals surface area (Å²) in [6.07, 6.45) is 6.52. The lowest BCUT2D eigenvalue weighted by Gasteiger charge is -2.39. The van der Waals surface area contributed by atoms with Gasteiger partial charge < -0.3 is 15.0 Å². The van der Waals surface area contributed by atoms with Crippen LogP contribution in [0.25, 0.3) is 10.9 Å². The molecule has 11 heteroatoms. The van der Waals surface area contributed by atoms with E-state index in [1.807, 2.05) is 35.9 Å². The van der Waals surface area contributed by atoms with Crippen LogP contribution in [0.3, 0.4) is 0 Å². The SMILES string of the molecule is CCN1C(=O)[C@@H](NC(=O)c2cccc3cccnc23)[C@@H](C2CC2)c2c(C(=O)N3[C@H](C#N)C[C@H]4C[C@H]43)nn(C3CCOCC3)c21. The molecule has 3 aromatic rings. The smallest absolute Gasteiger partial charge is 0.276 e. The number of piperidine rings is 1. The Hall–Kier alpha value is -4.30. The lowest BCUT2D eigenvalue weighted by atomic mass is 9.82. The number of benzene rings is 1. The number of nitrogens with one attached hydrogen (secondary N) is 1. The third kappa shape index (κ3) is 4.22. The minimum atomic E-state index is -0.862. The highest BCUT2D eigenvalue weighted by atomic mass is 16.5. The second kappa shape index (κ2) is 10.4. The zero-order chi connectivity index (χ0) is 30.1. The Morgan fingerprint density at radius 3 is 2.64 bits per heavy atom. The fraction of sp³-hybridized carbons (Fsp3) is 0.515. The summed E-state index contributed by atoms with van der Waals surface area (Å²) in [5.74, 6) is -0.0314. The summed E-state index contributed by atoms with van der Waals surface area (Å²) in [4.78, 5) is 50.7. The van der Waals surface area contributed by atoms with Crippen molar-refractivity contribution in [1.29, 1.82) is 5.26 Å². The molecule has 11 nitrogen and oxygen atoms in total. The van der Waals surface area contributed by atoms with Crippen molar-refractivity contribution in [2.75, 3.05) is 24.7 Å². The molecule has 3 amide bonds. The van der Waals surface area contributed by atoms with E-state index in [-0.39, 0.29) is 35.7 Å². The Morgan fingerprint density at radius 1 is 1.09 bits per heavy atom. The van der Waals surface area contributed by atoms with Crippen molar-refractivity contribution in [3.63, 3.8) is 0 Å². The normalized spacial score (nSPS) is 28.0. The van der Waals surface area contributed by atoms with E-state index in [9.17, 15) is 19.6 Å². The molecule has 226 valence electrons. The van der Waals surface area contributed by atoms with Crippen LogP contribution in [-0.2, 0) is 9.53 Å². The number of fused-ring (bicyclic) bond motifs is 3. The first-order valence-corrected chi connectivity index (χ1v) is 15.9. The minimum absolute atomic E-state index is 0.0207. The van der Waals surface area contributed by atoms with Gasteiger partial charge in [-0.1, -0.05) is 18.2 Å². The molecule has 0 spiro atoms. The van der Waals surface area contributed by atoms with Gasteiger partial charge in [0.15, 0.2) is 5.69 Å². The molecule has 1 N–H and O–H groups in total. The highest BCUT2D eigenvalue weighted by molar-refractivity contribution is 6.10. The second-order valence-corrected chi connectivity index (χ2v) is 12.8. The Kier molecular flexibility index (Phi) is 6.45. The monoisotopic (exact) mass is 593 g/mol. The van der Waals surface area contributed by atoms with Gasteiger partial charge in [0.1, 0.15) is 17.9 Å². The summed E-state index contributed by atoms with van der Waals surface area (Å²) < 4.78 is 7.54. The standard InChI is InChI=1S/C33H35N7O4/c1-2-38-31-26(29(37-40(31)21-10-13-44-14-11-21)33(43)39-22(17-34)15-20-16-24(20)39)25(18-8-9-18)28(32(38)42)36-30(41)23-7-3-5-19-6-4-12-35-27(19)23/h3-7,12,18,20-22,24-25,28H,2,8-11,13-16H2,1H3,(H,36,41)/t20-,22-,24+,25-,28-/m0/s1. The molecule has 4 fully saturated rings. The third-order valence-electron chi connectivity index (χ3n) is 10.2. The van der Waals surface area contributed by atoms with Crippen molar-refractivity contribution < 1.29 is 19.1 Å². The molecule has 2 saturated heterocycles. The van der Waals surface area contributed by atoms with Crippen molar-refractivity contribution in [3.8, 4) is 6.07 Å². The van der Waals surface area contributed by atoms with Crippen LogP contribution >= 0.6 is 0 Å². The number of rotatable bonds is 6. The van der Waals surface area contributed by atoms with Gasteiger partial charge >= 0.3 is 0 Å². The molecule has 0 unspecified atom stereocenters. The Balaban J connectivity index is 1.25. The topological polar surface area (TPSA) is 133 Å². The van der Waals surface area contributed by atoms with Gasteiger partial charge in [0.25, 0.3) is 17.7 Å². The molecule has 5 aliphatic rings. The van der Waals surface area contributed by atoms with E-state index in [1.165, 1.54) is 0 Å². The van der Waals surface area contributed by atoms with Gasteiger partial charge in [-0.2, -0.15) is 10.4 Å². The summed E-state index contributed by atoms with van der Waals surface area (Å²) >= 11 is 0. The van der Waals surface area contributed by atoms with Gasteiger partial charge in [0.2, 0.25) is 0 Å². The first-order chi connectivity index (χ1) is 21.5. The van der Waals surface area contributed by atoms with E-state index in [2.05, 4.69) is 16.4 Å². The number of para-hydroxylation sites is 1. The molecule has 44 heavy (non-hydrogen) atoms. The Labute approximate surface area is 255 Å². The van der Waals surface area contributed by atoms with E-state index >= 15 is 0 Å². The number of aromatic nitrogens is 3. The summed E-state index contributed by atoms with van der Waals surface area (Å²) in [5.41, 5.74) is 2.05. The average molecular weight is 594 g/mol. The van der Waals surface area contributed by atoms with Crippen molar-refractivity contribution in [3.05, 3.63) is 53.3 Å². The number of carbonyl (C=O) groups is 3. The summed E-state index contributed by atoms with van der Waals surface area (Å²) in [6.45, 7) is 3.44. The fourth-order valence-electron chi connectivity index (χ4n) is 7.86. The molecule has 8 rings (SSSR count). The van der Waals surface area contributed by atoms with Crippen LogP contribution in [0, 0.1) is 23.2 Å². The van der Waals surface area contributed by atoms with Gasteiger partial charge in [-0.3, -0.25) is 24.3 Å². The number of carbonyl (C=O) groups excluding carboxylic acids is 3. The number of amides is 3. The zero-order valence-corrected chi connectivity index (χ0v) is 24.7. The number of pyridine rings is 1. The molecule has 0 bridgehead atoms. The molecule has 2 saturated carbocycles. The molecule has 3 aliphatic heterocycles. The van der Waals surface area contributed by atoms with Crippen LogP contribution in [-0.4, -0.2) is 75.3 Å². The first-order valence-electron chi connectivity index (χ1n) is 15.9. The number of likely N-dealkylation sites (tertiary alicyclic amines) is 1. The van der Waals surface area contributed by atoms with Crippen LogP contribution in [0.1, 0.15) is 83.8 Å². The van der Waals surface area contributed by atoms with Crippen LogP contribution in [0.5, 0.6) is 0 Å². The molecule has 1 aromatic carbocycles. The van der Waals surface area contributed by atoms with E-state index < -0.39 is 18.0 Å². The van der Waals surface area contributed by atoms with E-state index in [0.29, 0.717) is 54.7 Å². The maximum absolute atomic E-state index is 14.5. The Morgan fingerprint density at radius 2 is 1.89 bits per heavy atom. The quantitative estimate of drug-likeness (QED) is 0.462. The Bertz CT molecular complexity index is 1710. The van der Waals surface area contributed by atoms with Crippen LogP contribution in [0.4, 0.5) is 5.82 Å². The molecule has 5 heterocycles. The van der Waals surface area contributed by atoms with Crippen LogP contribution < -0.4 is 10.2 Å². The number of anilines is 1. The molecular formula is C33H35N7O4. The predicted molar refractivity (Wildman–Crippen MR) is 160 cm³/mol. The van der Waals surface area contributed by atoms with Crippen molar-refractivity contribution in [2.24, 2.45) is 11.8 Å². The number of hydrogen-bond donors (Lipinski definition) is 1. The highest BCUT2D eigenvalue weighted by Gasteiger charge is 2.57. The van der Waals surface area contributed by atoms with Crippen LogP contribution in [0.2, 0.25) is 0 Å². The fourth-order valence-corrected chi connectivity index (χ4v) is 7.86. The third-order valence-corrected chi connectivity index (χ3v) is 10.2. The molecule has 5 atom stereocenters. The van der Waals surface area contributed by atoms with Gasteiger partial charge in [0.05, 0.1) is 23.2 Å². The van der Waals surface area contributed by atoms with E-state index in [0.717, 1.165) is 43.1 Å². The minimum Gasteiger partial charge on any atom is -0.381 e. The second-order valence-electron chi connectivity index (χ2n) is 12.8.